The van der Waals surface area contributed by atoms with Gasteiger partial charge in [0.25, 0.3) is 5.91 Å². The van der Waals surface area contributed by atoms with Gasteiger partial charge >= 0.3 is 0 Å². The number of nitrogens with two attached hydrogens (primary N) is 1. The van der Waals surface area contributed by atoms with Crippen LogP contribution in [-0.4, -0.2) is 38.0 Å². The first kappa shape index (κ1) is 11.1. The fourth-order valence-corrected chi connectivity index (χ4v) is 1.36. The van der Waals surface area contributed by atoms with E-state index < -0.39 is 0 Å². The van der Waals surface area contributed by atoms with Crippen molar-refractivity contribution in [3.63, 3.8) is 0 Å². The molecule has 0 radical (unpaired) electrons. The van der Waals surface area contributed by atoms with Crippen molar-refractivity contribution in [2.75, 3.05) is 12.8 Å². The van der Waals surface area contributed by atoms with E-state index in [1.54, 1.807) is 13.2 Å². The van der Waals surface area contributed by atoms with Crippen LogP contribution >= 0.6 is 0 Å². The molecule has 0 aromatic carbocycles. The molecular weight excluding hydrogens is 220 g/mol. The van der Waals surface area contributed by atoms with Gasteiger partial charge in [0.1, 0.15) is 0 Å². The van der Waals surface area contributed by atoms with Gasteiger partial charge in [-0.3, -0.25) is 14.9 Å². The maximum absolute atomic E-state index is 11.9. The van der Waals surface area contributed by atoms with Crippen LogP contribution in [0.2, 0.25) is 0 Å². The van der Waals surface area contributed by atoms with Crippen LogP contribution < -0.4 is 5.73 Å². The molecule has 3 N–H and O–H groups in total. The zero-order chi connectivity index (χ0) is 12.3. The van der Waals surface area contributed by atoms with E-state index in [-0.39, 0.29) is 17.7 Å². The number of rotatable bonds is 3. The second-order valence-electron chi connectivity index (χ2n) is 3.52. The minimum absolute atomic E-state index is 0.0552. The number of nitrogen functional groups attached to an aromatic ring is 1. The highest BCUT2D eigenvalue weighted by molar-refractivity contribution is 5.90. The summed E-state index contributed by atoms with van der Waals surface area (Å²) in [6, 6.07) is 5.54. The SMILES string of the molecule is CN(Cc1ccccn1)C(=O)c1nc(N)n[nH]1. The van der Waals surface area contributed by atoms with Crippen LogP contribution in [0, 0.1) is 0 Å². The van der Waals surface area contributed by atoms with Crippen LogP contribution in [0.1, 0.15) is 16.3 Å². The lowest BCUT2D eigenvalue weighted by Crippen LogP contribution is -2.27. The Hall–Kier alpha value is -2.44. The van der Waals surface area contributed by atoms with Crippen molar-refractivity contribution < 1.29 is 4.79 Å². The first-order valence-corrected chi connectivity index (χ1v) is 5.00. The zero-order valence-corrected chi connectivity index (χ0v) is 9.29. The van der Waals surface area contributed by atoms with Crippen LogP contribution in [0.15, 0.2) is 24.4 Å². The van der Waals surface area contributed by atoms with Crippen molar-refractivity contribution in [1.29, 1.82) is 0 Å². The molecule has 2 heterocycles. The Kier molecular flexibility index (Phi) is 2.99. The van der Waals surface area contributed by atoms with Gasteiger partial charge in [0, 0.05) is 13.2 Å². The van der Waals surface area contributed by atoms with Crippen molar-refractivity contribution in [3.05, 3.63) is 35.9 Å². The van der Waals surface area contributed by atoms with Gasteiger partial charge in [-0.25, -0.2) is 0 Å². The van der Waals surface area contributed by atoms with Gasteiger partial charge in [-0.05, 0) is 12.1 Å². The monoisotopic (exact) mass is 232 g/mol. The fourth-order valence-electron chi connectivity index (χ4n) is 1.36. The number of amides is 1. The number of hydrogen-bond acceptors (Lipinski definition) is 5. The molecule has 0 spiro atoms. The van der Waals surface area contributed by atoms with E-state index in [1.165, 1.54) is 4.90 Å². The number of nitrogens with zero attached hydrogens (tertiary/aromatic N) is 4. The summed E-state index contributed by atoms with van der Waals surface area (Å²) in [5.74, 6) is -0.0969. The van der Waals surface area contributed by atoms with Gasteiger partial charge in [0.05, 0.1) is 12.2 Å². The Balaban J connectivity index is 2.06. The first-order chi connectivity index (χ1) is 8.16. The summed E-state index contributed by atoms with van der Waals surface area (Å²) in [4.78, 5) is 21.3. The highest BCUT2D eigenvalue weighted by Gasteiger charge is 2.16. The highest BCUT2D eigenvalue weighted by atomic mass is 16.2. The van der Waals surface area contributed by atoms with Crippen molar-refractivity contribution in [2.24, 2.45) is 0 Å². The van der Waals surface area contributed by atoms with Crippen LogP contribution in [0.3, 0.4) is 0 Å². The second kappa shape index (κ2) is 4.60. The smallest absolute Gasteiger partial charge is 0.291 e. The average molecular weight is 232 g/mol. The number of hydrogen-bond donors (Lipinski definition) is 2. The summed E-state index contributed by atoms with van der Waals surface area (Å²) >= 11 is 0. The summed E-state index contributed by atoms with van der Waals surface area (Å²) in [5, 5.41) is 6.08. The highest BCUT2D eigenvalue weighted by Crippen LogP contribution is 2.03. The van der Waals surface area contributed by atoms with Gasteiger partial charge in [0.15, 0.2) is 0 Å². The number of aromatic amines is 1. The van der Waals surface area contributed by atoms with E-state index >= 15 is 0 Å². The molecule has 17 heavy (non-hydrogen) atoms. The predicted molar refractivity (Wildman–Crippen MR) is 60.8 cm³/mol. The fraction of sp³-hybridized carbons (Fsp3) is 0.200. The lowest BCUT2D eigenvalue weighted by atomic mass is 10.3. The molecule has 0 aliphatic heterocycles. The van der Waals surface area contributed by atoms with Crippen molar-refractivity contribution in [3.8, 4) is 0 Å². The molecule has 2 aromatic heterocycles. The molecule has 2 rings (SSSR count). The van der Waals surface area contributed by atoms with Gasteiger partial charge in [-0.15, -0.1) is 5.10 Å². The average Bonchev–Trinajstić information content (AvgIpc) is 2.76. The van der Waals surface area contributed by atoms with Crippen molar-refractivity contribution >= 4 is 11.9 Å². The Morgan fingerprint density at radius 2 is 2.35 bits per heavy atom. The normalized spacial score (nSPS) is 10.2. The molecule has 0 saturated heterocycles. The Bertz CT molecular complexity index is 509. The Morgan fingerprint density at radius 1 is 1.53 bits per heavy atom. The van der Waals surface area contributed by atoms with E-state index in [0.717, 1.165) is 5.69 Å². The molecule has 88 valence electrons. The number of H-pyrrole nitrogens is 1. The third-order valence-corrected chi connectivity index (χ3v) is 2.18. The number of carbonyl (C=O) groups excluding carboxylic acids is 1. The minimum Gasteiger partial charge on any atom is -0.366 e. The third-order valence-electron chi connectivity index (χ3n) is 2.18. The summed E-state index contributed by atoms with van der Waals surface area (Å²) in [7, 11) is 1.66. The topological polar surface area (TPSA) is 101 Å². The van der Waals surface area contributed by atoms with Crippen LogP contribution in [-0.2, 0) is 6.54 Å². The summed E-state index contributed by atoms with van der Waals surface area (Å²) < 4.78 is 0. The number of nitrogens with one attached hydrogen (secondary N) is 1. The number of carbonyl (C=O) groups is 1. The van der Waals surface area contributed by atoms with Crippen LogP contribution in [0.25, 0.3) is 0 Å². The molecule has 0 saturated carbocycles. The quantitative estimate of drug-likeness (QED) is 0.778. The number of aromatic nitrogens is 4. The van der Waals surface area contributed by atoms with E-state index in [2.05, 4.69) is 20.2 Å². The molecule has 0 aliphatic rings. The summed E-state index contributed by atoms with van der Waals surface area (Å²) in [5.41, 5.74) is 6.13. The standard InChI is InChI=1S/C10H12N6O/c1-16(6-7-4-2-3-5-12-7)9(17)8-13-10(11)15-14-8/h2-5H,6H2,1H3,(H3,11,13,14,15). The van der Waals surface area contributed by atoms with Crippen molar-refractivity contribution in [1.82, 2.24) is 25.1 Å². The molecule has 2 aromatic rings. The van der Waals surface area contributed by atoms with Gasteiger partial charge in [-0.2, -0.15) is 4.98 Å². The van der Waals surface area contributed by atoms with E-state index in [4.69, 9.17) is 5.73 Å². The summed E-state index contributed by atoms with van der Waals surface area (Å²) in [6.45, 7) is 0.403. The second-order valence-corrected chi connectivity index (χ2v) is 3.52. The summed E-state index contributed by atoms with van der Waals surface area (Å²) in [6.07, 6.45) is 1.68. The van der Waals surface area contributed by atoms with Crippen LogP contribution in [0.5, 0.6) is 0 Å². The largest absolute Gasteiger partial charge is 0.366 e. The Labute approximate surface area is 97.7 Å². The van der Waals surface area contributed by atoms with Gasteiger partial charge in [0.2, 0.25) is 11.8 Å². The van der Waals surface area contributed by atoms with Crippen LogP contribution in [0.4, 0.5) is 5.95 Å². The third kappa shape index (κ3) is 2.57. The molecule has 0 aliphatic carbocycles. The predicted octanol–water partition coefficient (Wildman–Crippen LogP) is 0.0541. The maximum atomic E-state index is 11.9. The van der Waals surface area contributed by atoms with Gasteiger partial charge in [-0.1, -0.05) is 6.07 Å². The first-order valence-electron chi connectivity index (χ1n) is 5.00. The lowest BCUT2D eigenvalue weighted by molar-refractivity contribution is 0.0772. The molecule has 7 heteroatoms. The molecule has 0 atom stereocenters. The molecule has 7 nitrogen and oxygen atoms in total. The Morgan fingerprint density at radius 3 is 2.94 bits per heavy atom. The molecule has 0 unspecified atom stereocenters. The zero-order valence-electron chi connectivity index (χ0n) is 9.29. The van der Waals surface area contributed by atoms with Crippen molar-refractivity contribution in [2.45, 2.75) is 6.54 Å². The molecule has 0 fully saturated rings. The number of anilines is 1. The van der Waals surface area contributed by atoms with E-state index in [1.807, 2.05) is 18.2 Å². The van der Waals surface area contributed by atoms with E-state index in [0.29, 0.717) is 6.54 Å². The molecular formula is C10H12N6O. The lowest BCUT2D eigenvalue weighted by Gasteiger charge is -2.14. The van der Waals surface area contributed by atoms with E-state index in [9.17, 15) is 4.79 Å². The van der Waals surface area contributed by atoms with Gasteiger partial charge < -0.3 is 10.6 Å². The minimum atomic E-state index is -0.278. The maximum Gasteiger partial charge on any atom is 0.291 e. The molecule has 0 bridgehead atoms. The number of pyridine rings is 1. The molecule has 1 amide bonds.